The lowest BCUT2D eigenvalue weighted by molar-refractivity contribution is 0.756. The Morgan fingerprint density at radius 1 is 0.905 bits per heavy atom. The Balaban J connectivity index is 1.76. The molecule has 3 N–H and O–H groups in total. The number of benzene rings is 2. The van der Waals surface area contributed by atoms with E-state index in [1.807, 2.05) is 18.2 Å². The van der Waals surface area contributed by atoms with Crippen LogP contribution in [-0.2, 0) is 0 Å². The van der Waals surface area contributed by atoms with Gasteiger partial charge in [-0.3, -0.25) is 0 Å². The van der Waals surface area contributed by atoms with Crippen LogP contribution in [0.3, 0.4) is 0 Å². The molecule has 0 spiro atoms. The molecule has 0 unspecified atom stereocenters. The third-order valence-corrected chi connectivity index (χ3v) is 4.36. The zero-order valence-corrected chi connectivity index (χ0v) is 12.0. The summed E-state index contributed by atoms with van der Waals surface area (Å²) in [6, 6.07) is 15.1. The summed E-state index contributed by atoms with van der Waals surface area (Å²) in [5.41, 5.74) is 9.77. The number of aromatic nitrogens is 1. The first-order valence-electron chi connectivity index (χ1n) is 7.64. The van der Waals surface area contributed by atoms with E-state index < -0.39 is 0 Å². The molecule has 3 heteroatoms. The summed E-state index contributed by atoms with van der Waals surface area (Å²) >= 11 is 0. The van der Waals surface area contributed by atoms with Crippen molar-refractivity contribution in [3.05, 3.63) is 42.5 Å². The van der Waals surface area contributed by atoms with E-state index in [1.165, 1.54) is 36.8 Å². The van der Waals surface area contributed by atoms with Crippen LogP contribution in [0.15, 0.2) is 42.5 Å². The standard InChI is InChI=1S/C18H19N3/c19-14-7-5-12-9-13-6-8-16(20-15-3-1-2-4-15)11-18(13)21-17(12)10-14/h5-11,15,20H,1-4,19H2. The van der Waals surface area contributed by atoms with Crippen molar-refractivity contribution in [1.29, 1.82) is 0 Å². The number of anilines is 2. The van der Waals surface area contributed by atoms with Crippen LogP contribution in [0.5, 0.6) is 0 Å². The highest BCUT2D eigenvalue weighted by Crippen LogP contribution is 2.26. The van der Waals surface area contributed by atoms with E-state index >= 15 is 0 Å². The SMILES string of the molecule is Nc1ccc2cc3ccc(NC4CCCC4)cc3nc2c1. The molecule has 1 aromatic heterocycles. The van der Waals surface area contributed by atoms with Crippen molar-refractivity contribution in [3.63, 3.8) is 0 Å². The summed E-state index contributed by atoms with van der Waals surface area (Å²) in [5.74, 6) is 0. The van der Waals surface area contributed by atoms with E-state index in [0.717, 1.165) is 22.1 Å². The third kappa shape index (κ3) is 2.40. The van der Waals surface area contributed by atoms with E-state index in [1.54, 1.807) is 0 Å². The lowest BCUT2D eigenvalue weighted by Gasteiger charge is -2.14. The zero-order valence-electron chi connectivity index (χ0n) is 12.0. The number of rotatable bonds is 2. The summed E-state index contributed by atoms with van der Waals surface area (Å²) < 4.78 is 0. The van der Waals surface area contributed by atoms with Crippen molar-refractivity contribution < 1.29 is 0 Å². The first-order chi connectivity index (χ1) is 10.3. The smallest absolute Gasteiger partial charge is 0.0730 e. The molecule has 3 aromatic rings. The normalized spacial score (nSPS) is 15.8. The van der Waals surface area contributed by atoms with Gasteiger partial charge in [0.2, 0.25) is 0 Å². The summed E-state index contributed by atoms with van der Waals surface area (Å²) in [7, 11) is 0. The fourth-order valence-corrected chi connectivity index (χ4v) is 3.24. The van der Waals surface area contributed by atoms with Gasteiger partial charge in [-0.15, -0.1) is 0 Å². The van der Waals surface area contributed by atoms with Crippen LogP contribution in [0.4, 0.5) is 11.4 Å². The van der Waals surface area contributed by atoms with Gasteiger partial charge in [-0.1, -0.05) is 25.0 Å². The maximum Gasteiger partial charge on any atom is 0.0730 e. The van der Waals surface area contributed by atoms with Gasteiger partial charge in [0.25, 0.3) is 0 Å². The lowest BCUT2D eigenvalue weighted by atomic mass is 10.1. The summed E-state index contributed by atoms with van der Waals surface area (Å²) in [6.45, 7) is 0. The quantitative estimate of drug-likeness (QED) is 0.541. The largest absolute Gasteiger partial charge is 0.399 e. The molecule has 1 heterocycles. The summed E-state index contributed by atoms with van der Waals surface area (Å²) in [4.78, 5) is 4.75. The molecule has 3 nitrogen and oxygen atoms in total. The molecule has 1 aliphatic carbocycles. The van der Waals surface area contributed by atoms with Crippen LogP contribution >= 0.6 is 0 Å². The zero-order chi connectivity index (χ0) is 14.2. The van der Waals surface area contributed by atoms with Crippen LogP contribution in [0, 0.1) is 0 Å². The van der Waals surface area contributed by atoms with Crippen LogP contribution < -0.4 is 11.1 Å². The molecule has 0 bridgehead atoms. The topological polar surface area (TPSA) is 50.9 Å². The molecular formula is C18H19N3. The monoisotopic (exact) mass is 277 g/mol. The van der Waals surface area contributed by atoms with Gasteiger partial charge in [0.15, 0.2) is 0 Å². The Kier molecular flexibility index (Phi) is 2.92. The van der Waals surface area contributed by atoms with Crippen molar-refractivity contribution in [2.45, 2.75) is 31.7 Å². The number of nitrogens with two attached hydrogens (primary N) is 1. The highest BCUT2D eigenvalue weighted by atomic mass is 14.9. The van der Waals surface area contributed by atoms with Crippen molar-refractivity contribution in [2.24, 2.45) is 0 Å². The van der Waals surface area contributed by atoms with Gasteiger partial charge in [-0.05, 0) is 43.2 Å². The summed E-state index contributed by atoms with van der Waals surface area (Å²) in [6.07, 6.45) is 5.24. The minimum Gasteiger partial charge on any atom is -0.399 e. The van der Waals surface area contributed by atoms with E-state index in [9.17, 15) is 0 Å². The predicted molar refractivity (Wildman–Crippen MR) is 89.5 cm³/mol. The van der Waals surface area contributed by atoms with Gasteiger partial charge < -0.3 is 11.1 Å². The summed E-state index contributed by atoms with van der Waals surface area (Å²) in [5, 5.41) is 5.93. The van der Waals surface area contributed by atoms with Crippen LogP contribution in [0.1, 0.15) is 25.7 Å². The number of hydrogen-bond acceptors (Lipinski definition) is 3. The number of fused-ring (bicyclic) bond motifs is 2. The number of pyridine rings is 1. The lowest BCUT2D eigenvalue weighted by Crippen LogP contribution is -2.14. The average molecular weight is 277 g/mol. The molecule has 0 saturated heterocycles. The number of nitrogens with zero attached hydrogens (tertiary/aromatic N) is 1. The van der Waals surface area contributed by atoms with Crippen molar-refractivity contribution in [2.75, 3.05) is 11.1 Å². The highest BCUT2D eigenvalue weighted by molar-refractivity contribution is 5.94. The maximum absolute atomic E-state index is 5.85. The van der Waals surface area contributed by atoms with Crippen LogP contribution in [-0.4, -0.2) is 11.0 Å². The van der Waals surface area contributed by atoms with Gasteiger partial charge >= 0.3 is 0 Å². The molecule has 0 radical (unpaired) electrons. The molecule has 21 heavy (non-hydrogen) atoms. The molecule has 4 rings (SSSR count). The molecule has 1 saturated carbocycles. The molecule has 106 valence electrons. The highest BCUT2D eigenvalue weighted by Gasteiger charge is 2.14. The Morgan fingerprint density at radius 3 is 2.43 bits per heavy atom. The van der Waals surface area contributed by atoms with Gasteiger partial charge in [-0.25, -0.2) is 4.98 Å². The molecule has 1 fully saturated rings. The Labute approximate surface area is 124 Å². The van der Waals surface area contributed by atoms with Crippen molar-refractivity contribution in [3.8, 4) is 0 Å². The van der Waals surface area contributed by atoms with Crippen LogP contribution in [0.2, 0.25) is 0 Å². The van der Waals surface area contributed by atoms with Crippen LogP contribution in [0.25, 0.3) is 21.8 Å². The second-order valence-corrected chi connectivity index (χ2v) is 5.97. The molecule has 2 aromatic carbocycles. The molecule has 0 aliphatic heterocycles. The molecule has 1 aliphatic rings. The minimum atomic E-state index is 0.624. The fourth-order valence-electron chi connectivity index (χ4n) is 3.24. The molecule has 0 atom stereocenters. The Bertz CT molecular complexity index is 804. The van der Waals surface area contributed by atoms with E-state index in [4.69, 9.17) is 10.7 Å². The van der Waals surface area contributed by atoms with Gasteiger partial charge in [0.05, 0.1) is 11.0 Å². The molecular weight excluding hydrogens is 258 g/mol. The van der Waals surface area contributed by atoms with E-state index in [-0.39, 0.29) is 0 Å². The minimum absolute atomic E-state index is 0.624. The second kappa shape index (κ2) is 4.92. The van der Waals surface area contributed by atoms with Gasteiger partial charge in [0, 0.05) is 28.2 Å². The predicted octanol–water partition coefficient (Wildman–Crippen LogP) is 4.32. The van der Waals surface area contributed by atoms with Crippen molar-refractivity contribution >= 4 is 33.2 Å². The Hall–Kier alpha value is -2.29. The van der Waals surface area contributed by atoms with E-state index in [2.05, 4.69) is 29.6 Å². The third-order valence-electron chi connectivity index (χ3n) is 4.36. The first kappa shape index (κ1) is 12.5. The van der Waals surface area contributed by atoms with Gasteiger partial charge in [0.1, 0.15) is 0 Å². The van der Waals surface area contributed by atoms with Gasteiger partial charge in [-0.2, -0.15) is 0 Å². The number of hydrogen-bond donors (Lipinski definition) is 2. The second-order valence-electron chi connectivity index (χ2n) is 5.97. The number of nitrogen functional groups attached to an aromatic ring is 1. The maximum atomic E-state index is 5.85. The van der Waals surface area contributed by atoms with E-state index in [0.29, 0.717) is 6.04 Å². The number of nitrogens with one attached hydrogen (secondary N) is 1. The molecule has 0 amide bonds. The Morgan fingerprint density at radius 2 is 1.62 bits per heavy atom. The average Bonchev–Trinajstić information content (AvgIpc) is 2.98. The fraction of sp³-hybridized carbons (Fsp3) is 0.278. The first-order valence-corrected chi connectivity index (χ1v) is 7.64. The van der Waals surface area contributed by atoms with Crippen molar-refractivity contribution in [1.82, 2.24) is 4.98 Å².